The summed E-state index contributed by atoms with van der Waals surface area (Å²) in [7, 11) is 0. The van der Waals surface area contributed by atoms with Crippen LogP contribution >= 0.6 is 0 Å². The molecule has 0 aliphatic carbocycles. The highest BCUT2D eigenvalue weighted by molar-refractivity contribution is 5.94. The van der Waals surface area contributed by atoms with Gasteiger partial charge in [-0.2, -0.15) is 0 Å². The number of rotatable bonds is 8. The highest BCUT2D eigenvalue weighted by Gasteiger charge is 2.07. The lowest BCUT2D eigenvalue weighted by Crippen LogP contribution is -2.36. The second-order valence-electron chi connectivity index (χ2n) is 6.80. The van der Waals surface area contributed by atoms with Gasteiger partial charge in [0.15, 0.2) is 6.61 Å². The summed E-state index contributed by atoms with van der Waals surface area (Å²) in [6.07, 6.45) is 3.89. The Balaban J connectivity index is 1.37. The summed E-state index contributed by atoms with van der Waals surface area (Å²) < 4.78 is 7.51. The fourth-order valence-electron chi connectivity index (χ4n) is 2.93. The van der Waals surface area contributed by atoms with Gasteiger partial charge in [-0.3, -0.25) is 9.59 Å². The number of nitrogens with one attached hydrogen (secondary N) is 2. The first-order valence-electron chi connectivity index (χ1n) is 9.51. The highest BCUT2D eigenvalue weighted by atomic mass is 16.5. The Hall–Kier alpha value is -3.54. The second kappa shape index (κ2) is 9.59. The van der Waals surface area contributed by atoms with Crippen molar-refractivity contribution in [3.8, 4) is 11.4 Å². The predicted octanol–water partition coefficient (Wildman–Crippen LogP) is 3.02. The van der Waals surface area contributed by atoms with E-state index >= 15 is 0 Å². The average molecular weight is 391 g/mol. The van der Waals surface area contributed by atoms with Crippen molar-refractivity contribution < 1.29 is 14.3 Å². The number of carbonyl (C=O) groups excluding carboxylic acids is 2. The van der Waals surface area contributed by atoms with Crippen LogP contribution in [0.25, 0.3) is 5.69 Å². The molecule has 0 saturated carbocycles. The van der Waals surface area contributed by atoms with E-state index in [2.05, 4.69) is 10.6 Å². The number of hydrogen-bond acceptors (Lipinski definition) is 3. The largest absolute Gasteiger partial charge is 0.484 e. The van der Waals surface area contributed by atoms with Gasteiger partial charge in [0.05, 0.1) is 0 Å². The molecule has 0 unspecified atom stereocenters. The van der Waals surface area contributed by atoms with Crippen molar-refractivity contribution in [1.82, 2.24) is 15.2 Å². The van der Waals surface area contributed by atoms with Gasteiger partial charge in [-0.15, -0.1) is 0 Å². The number of aryl methyl sites for hydroxylation is 2. The maximum atomic E-state index is 12.2. The van der Waals surface area contributed by atoms with Crippen LogP contribution in [0.15, 0.2) is 67.0 Å². The van der Waals surface area contributed by atoms with E-state index in [9.17, 15) is 9.59 Å². The molecule has 3 rings (SSSR count). The molecule has 1 aromatic heterocycles. The number of aromatic nitrogens is 1. The molecule has 0 spiro atoms. The van der Waals surface area contributed by atoms with Gasteiger partial charge in [-0.25, -0.2) is 0 Å². The molecule has 1 heterocycles. The van der Waals surface area contributed by atoms with E-state index in [1.54, 1.807) is 12.1 Å². The maximum Gasteiger partial charge on any atom is 0.258 e. The van der Waals surface area contributed by atoms with Crippen LogP contribution in [0.4, 0.5) is 0 Å². The third kappa shape index (κ3) is 5.72. The molecule has 0 bridgehead atoms. The molecule has 0 aliphatic rings. The summed E-state index contributed by atoms with van der Waals surface area (Å²) in [5.74, 6) is 0.294. The lowest BCUT2D eigenvalue weighted by Gasteiger charge is -2.11. The maximum absolute atomic E-state index is 12.2. The third-order valence-electron chi connectivity index (χ3n) is 4.45. The fourth-order valence-corrected chi connectivity index (χ4v) is 2.93. The molecule has 29 heavy (non-hydrogen) atoms. The molecule has 2 N–H and O–H groups in total. The Labute approximate surface area is 170 Å². The molecule has 3 aromatic rings. The predicted molar refractivity (Wildman–Crippen MR) is 113 cm³/mol. The molecule has 150 valence electrons. The van der Waals surface area contributed by atoms with Crippen molar-refractivity contribution in [2.75, 3.05) is 19.7 Å². The zero-order chi connectivity index (χ0) is 20.6. The zero-order valence-corrected chi connectivity index (χ0v) is 16.6. The Bertz CT molecular complexity index is 964. The summed E-state index contributed by atoms with van der Waals surface area (Å²) in [5.41, 5.74) is 3.70. The molecule has 2 amide bonds. The van der Waals surface area contributed by atoms with Crippen molar-refractivity contribution in [1.29, 1.82) is 0 Å². The average Bonchev–Trinajstić information content (AvgIpc) is 3.25. The molecule has 6 nitrogen and oxygen atoms in total. The van der Waals surface area contributed by atoms with Crippen LogP contribution < -0.4 is 15.4 Å². The van der Waals surface area contributed by atoms with Crippen molar-refractivity contribution in [2.24, 2.45) is 0 Å². The van der Waals surface area contributed by atoms with E-state index in [0.29, 0.717) is 24.4 Å². The number of carbonyl (C=O) groups is 2. The van der Waals surface area contributed by atoms with Gasteiger partial charge in [-0.1, -0.05) is 17.7 Å². The minimum Gasteiger partial charge on any atom is -0.484 e. The normalized spacial score (nSPS) is 10.4. The van der Waals surface area contributed by atoms with Gasteiger partial charge in [0.2, 0.25) is 0 Å². The Morgan fingerprint density at radius 1 is 0.931 bits per heavy atom. The summed E-state index contributed by atoms with van der Waals surface area (Å²) >= 11 is 0. The molecule has 0 radical (unpaired) electrons. The van der Waals surface area contributed by atoms with Crippen LogP contribution in [-0.2, 0) is 4.79 Å². The van der Waals surface area contributed by atoms with Crippen molar-refractivity contribution >= 4 is 11.8 Å². The van der Waals surface area contributed by atoms with Crippen LogP contribution in [0.1, 0.15) is 21.5 Å². The molecule has 2 aromatic carbocycles. The van der Waals surface area contributed by atoms with Crippen molar-refractivity contribution in [3.63, 3.8) is 0 Å². The lowest BCUT2D eigenvalue weighted by atomic mass is 10.1. The van der Waals surface area contributed by atoms with Crippen LogP contribution in [0.5, 0.6) is 5.75 Å². The van der Waals surface area contributed by atoms with Crippen LogP contribution in [-0.4, -0.2) is 36.1 Å². The fraction of sp³-hybridized carbons (Fsp3) is 0.217. The number of benzene rings is 2. The molecule has 6 heteroatoms. The zero-order valence-electron chi connectivity index (χ0n) is 16.6. The Kier molecular flexibility index (Phi) is 6.68. The second-order valence-corrected chi connectivity index (χ2v) is 6.80. The number of hydrogen-bond donors (Lipinski definition) is 2. The van der Waals surface area contributed by atoms with Gasteiger partial charge >= 0.3 is 0 Å². The van der Waals surface area contributed by atoms with Crippen LogP contribution in [0.3, 0.4) is 0 Å². The molecule has 0 aliphatic heterocycles. The molecule has 0 atom stereocenters. The first-order chi connectivity index (χ1) is 14.0. The van der Waals surface area contributed by atoms with Gasteiger partial charge in [0.1, 0.15) is 5.75 Å². The Morgan fingerprint density at radius 2 is 1.62 bits per heavy atom. The highest BCUT2D eigenvalue weighted by Crippen LogP contribution is 2.18. The first kappa shape index (κ1) is 20.2. The van der Waals surface area contributed by atoms with Gasteiger partial charge < -0.3 is 19.9 Å². The van der Waals surface area contributed by atoms with Gasteiger partial charge in [-0.05, 0) is 61.9 Å². The first-order valence-corrected chi connectivity index (χ1v) is 9.51. The molecule has 0 fully saturated rings. The summed E-state index contributed by atoms with van der Waals surface area (Å²) in [5, 5.41) is 5.53. The van der Waals surface area contributed by atoms with Gasteiger partial charge in [0.25, 0.3) is 11.8 Å². The van der Waals surface area contributed by atoms with Crippen LogP contribution in [0, 0.1) is 13.8 Å². The lowest BCUT2D eigenvalue weighted by molar-refractivity contribution is -0.123. The van der Waals surface area contributed by atoms with Crippen LogP contribution in [0.2, 0.25) is 0 Å². The topological polar surface area (TPSA) is 72.4 Å². The molecular formula is C23H25N3O3. The minimum atomic E-state index is -0.227. The van der Waals surface area contributed by atoms with Crippen molar-refractivity contribution in [3.05, 3.63) is 83.7 Å². The van der Waals surface area contributed by atoms with E-state index in [1.807, 2.05) is 73.3 Å². The Morgan fingerprint density at radius 3 is 2.31 bits per heavy atom. The third-order valence-corrected chi connectivity index (χ3v) is 4.45. The molecule has 0 saturated heterocycles. The van der Waals surface area contributed by atoms with E-state index in [4.69, 9.17) is 4.74 Å². The van der Waals surface area contributed by atoms with E-state index in [0.717, 1.165) is 16.8 Å². The number of ether oxygens (including phenoxy) is 1. The van der Waals surface area contributed by atoms with Crippen molar-refractivity contribution in [2.45, 2.75) is 13.8 Å². The van der Waals surface area contributed by atoms with E-state index in [1.165, 1.54) is 0 Å². The summed E-state index contributed by atoms with van der Waals surface area (Å²) in [6.45, 7) is 4.57. The monoisotopic (exact) mass is 391 g/mol. The smallest absolute Gasteiger partial charge is 0.258 e. The minimum absolute atomic E-state index is 0.0568. The van der Waals surface area contributed by atoms with E-state index in [-0.39, 0.29) is 18.4 Å². The van der Waals surface area contributed by atoms with E-state index < -0.39 is 0 Å². The summed E-state index contributed by atoms with van der Waals surface area (Å²) in [6, 6.07) is 17.0. The SMILES string of the molecule is Cc1ccc(OCC(=O)NCCNC(=O)c2ccc(-n3cccc3)cc2)c(C)c1. The molecular weight excluding hydrogens is 366 g/mol. The van der Waals surface area contributed by atoms with Gasteiger partial charge in [0, 0.05) is 36.7 Å². The number of nitrogens with zero attached hydrogens (tertiary/aromatic N) is 1. The number of amides is 2. The summed E-state index contributed by atoms with van der Waals surface area (Å²) in [4.78, 5) is 24.1. The quantitative estimate of drug-likeness (QED) is 0.580. The standard InChI is InChI=1S/C23H25N3O3/c1-17-5-10-21(18(2)15-17)29-16-22(27)24-11-12-25-23(28)19-6-8-20(9-7-19)26-13-3-4-14-26/h3-10,13-15H,11-12,16H2,1-2H3,(H,24,27)(H,25,28).